The number of benzene rings is 1. The number of hydrogen-bond acceptors (Lipinski definition) is 3. The molecule has 0 spiro atoms. The molecule has 1 fully saturated rings. The van der Waals surface area contributed by atoms with Crippen LogP contribution in [0.2, 0.25) is 0 Å². The minimum Gasteiger partial charge on any atom is -0.487 e. The highest BCUT2D eigenvalue weighted by Gasteiger charge is 2.29. The highest BCUT2D eigenvalue weighted by Crippen LogP contribution is 2.35. The Bertz CT molecular complexity index is 498. The Morgan fingerprint density at radius 1 is 1.33 bits per heavy atom. The van der Waals surface area contributed by atoms with Crippen LogP contribution in [-0.2, 0) is 13.0 Å². The first kappa shape index (κ1) is 14.9. The van der Waals surface area contributed by atoms with Crippen molar-refractivity contribution in [2.45, 2.75) is 64.2 Å². The number of ether oxygens (including phenoxy) is 1. The van der Waals surface area contributed by atoms with Crippen LogP contribution in [0.25, 0.3) is 0 Å². The van der Waals surface area contributed by atoms with Gasteiger partial charge in [0.05, 0.1) is 6.10 Å². The third kappa shape index (κ3) is 3.78. The number of aliphatic hydroxyl groups is 1. The van der Waals surface area contributed by atoms with Crippen molar-refractivity contribution in [3.8, 4) is 5.75 Å². The van der Waals surface area contributed by atoms with E-state index in [2.05, 4.69) is 37.4 Å². The van der Waals surface area contributed by atoms with Crippen LogP contribution in [0.1, 0.15) is 50.7 Å². The molecule has 2 unspecified atom stereocenters. The maximum absolute atomic E-state index is 9.71. The lowest BCUT2D eigenvalue weighted by molar-refractivity contribution is 0.101. The van der Waals surface area contributed by atoms with Crippen LogP contribution in [0.5, 0.6) is 5.75 Å². The van der Waals surface area contributed by atoms with E-state index in [0.29, 0.717) is 5.92 Å². The molecular formula is C18H27NO2. The van der Waals surface area contributed by atoms with Gasteiger partial charge >= 0.3 is 0 Å². The maximum atomic E-state index is 9.71. The van der Waals surface area contributed by atoms with Crippen molar-refractivity contribution in [3.05, 3.63) is 29.3 Å². The monoisotopic (exact) mass is 289 g/mol. The molecule has 2 N–H and O–H groups in total. The number of nitrogens with one attached hydrogen (secondary N) is 1. The molecule has 1 aliphatic heterocycles. The molecule has 0 saturated heterocycles. The van der Waals surface area contributed by atoms with Gasteiger partial charge in [-0.15, -0.1) is 0 Å². The molecule has 116 valence electrons. The predicted octanol–water partition coefficient (Wildman–Crippen LogP) is 3.04. The highest BCUT2D eigenvalue weighted by molar-refractivity contribution is 5.41. The lowest BCUT2D eigenvalue weighted by Gasteiger charge is -2.26. The number of rotatable bonds is 4. The Morgan fingerprint density at radius 2 is 2.19 bits per heavy atom. The van der Waals surface area contributed by atoms with Gasteiger partial charge in [-0.25, -0.2) is 0 Å². The van der Waals surface area contributed by atoms with Gasteiger partial charge in [0.15, 0.2) is 0 Å². The summed E-state index contributed by atoms with van der Waals surface area (Å²) in [6, 6.07) is 6.53. The average Bonchev–Trinajstić information content (AvgIpc) is 2.72. The van der Waals surface area contributed by atoms with E-state index >= 15 is 0 Å². The molecule has 1 saturated carbocycles. The van der Waals surface area contributed by atoms with Crippen LogP contribution in [0.3, 0.4) is 0 Å². The molecule has 1 aromatic rings. The van der Waals surface area contributed by atoms with Gasteiger partial charge in [0.25, 0.3) is 0 Å². The minimum atomic E-state index is -0.0788. The Labute approximate surface area is 127 Å². The molecule has 3 rings (SSSR count). The van der Waals surface area contributed by atoms with Crippen LogP contribution in [0.4, 0.5) is 0 Å². The van der Waals surface area contributed by atoms with Gasteiger partial charge in [-0.1, -0.05) is 18.6 Å². The maximum Gasteiger partial charge on any atom is 0.123 e. The Morgan fingerprint density at radius 3 is 3.00 bits per heavy atom. The Kier molecular flexibility index (Phi) is 4.23. The Balaban J connectivity index is 1.50. The fourth-order valence-corrected chi connectivity index (χ4v) is 3.64. The molecule has 1 heterocycles. The smallest absolute Gasteiger partial charge is 0.123 e. The summed E-state index contributed by atoms with van der Waals surface area (Å²) in [5, 5.41) is 13.3. The second kappa shape index (κ2) is 5.98. The molecule has 21 heavy (non-hydrogen) atoms. The van der Waals surface area contributed by atoms with Crippen molar-refractivity contribution in [3.63, 3.8) is 0 Å². The number of hydrogen-bond donors (Lipinski definition) is 2. The molecule has 3 heteroatoms. The quantitative estimate of drug-likeness (QED) is 0.895. The lowest BCUT2D eigenvalue weighted by atomic mass is 9.87. The summed E-state index contributed by atoms with van der Waals surface area (Å²) in [6.45, 7) is 6.19. The van der Waals surface area contributed by atoms with Crippen molar-refractivity contribution >= 4 is 0 Å². The third-order valence-corrected chi connectivity index (χ3v) is 4.64. The fraction of sp³-hybridized carbons (Fsp3) is 0.667. The molecular weight excluding hydrogens is 262 g/mol. The first-order chi connectivity index (χ1) is 10.0. The van der Waals surface area contributed by atoms with Crippen LogP contribution in [0, 0.1) is 5.92 Å². The predicted molar refractivity (Wildman–Crippen MR) is 84.5 cm³/mol. The summed E-state index contributed by atoms with van der Waals surface area (Å²) >= 11 is 0. The number of aliphatic hydroxyl groups excluding tert-OH is 1. The van der Waals surface area contributed by atoms with Crippen molar-refractivity contribution in [1.82, 2.24) is 5.32 Å². The van der Waals surface area contributed by atoms with Gasteiger partial charge in [-0.3, -0.25) is 0 Å². The molecule has 0 amide bonds. The van der Waals surface area contributed by atoms with E-state index in [1.54, 1.807) is 0 Å². The summed E-state index contributed by atoms with van der Waals surface area (Å²) in [7, 11) is 0. The van der Waals surface area contributed by atoms with E-state index in [9.17, 15) is 5.11 Å². The topological polar surface area (TPSA) is 41.5 Å². The summed E-state index contributed by atoms with van der Waals surface area (Å²) in [6.07, 6.45) is 5.26. The van der Waals surface area contributed by atoms with Crippen molar-refractivity contribution in [2.24, 2.45) is 5.92 Å². The summed E-state index contributed by atoms with van der Waals surface area (Å²) in [5.74, 6) is 1.67. The average molecular weight is 289 g/mol. The summed E-state index contributed by atoms with van der Waals surface area (Å²) in [4.78, 5) is 0. The van der Waals surface area contributed by atoms with Crippen LogP contribution in [-0.4, -0.2) is 23.4 Å². The van der Waals surface area contributed by atoms with Gasteiger partial charge in [-0.05, 0) is 62.8 Å². The van der Waals surface area contributed by atoms with Gasteiger partial charge in [0, 0.05) is 13.0 Å². The van der Waals surface area contributed by atoms with Gasteiger partial charge in [0.2, 0.25) is 0 Å². The zero-order valence-electron chi connectivity index (χ0n) is 13.2. The Hall–Kier alpha value is -1.06. The second-order valence-corrected chi connectivity index (χ2v) is 7.30. The van der Waals surface area contributed by atoms with E-state index in [1.807, 2.05) is 0 Å². The highest BCUT2D eigenvalue weighted by atomic mass is 16.5. The molecule has 2 atom stereocenters. The van der Waals surface area contributed by atoms with Gasteiger partial charge in [0.1, 0.15) is 11.4 Å². The van der Waals surface area contributed by atoms with Crippen molar-refractivity contribution < 1.29 is 9.84 Å². The minimum absolute atomic E-state index is 0.0629. The van der Waals surface area contributed by atoms with Crippen molar-refractivity contribution in [2.75, 3.05) is 6.54 Å². The van der Waals surface area contributed by atoms with E-state index in [0.717, 1.165) is 38.1 Å². The zero-order chi connectivity index (χ0) is 14.9. The van der Waals surface area contributed by atoms with Crippen molar-refractivity contribution in [1.29, 1.82) is 0 Å². The zero-order valence-corrected chi connectivity index (χ0v) is 13.2. The lowest BCUT2D eigenvalue weighted by Crippen LogP contribution is -2.28. The van der Waals surface area contributed by atoms with Crippen LogP contribution < -0.4 is 10.1 Å². The summed E-state index contributed by atoms with van der Waals surface area (Å²) < 4.78 is 5.91. The molecule has 2 aliphatic rings. The van der Waals surface area contributed by atoms with Crippen LogP contribution in [0.15, 0.2) is 18.2 Å². The standard InChI is InChI=1S/C18H27NO2/c1-18(2)10-15-8-14(6-7-17(15)21-18)12-19-11-13-4-3-5-16(20)9-13/h6-8,13,16,19-20H,3-5,9-12H2,1-2H3. The second-order valence-electron chi connectivity index (χ2n) is 7.30. The largest absolute Gasteiger partial charge is 0.487 e. The fourth-order valence-electron chi connectivity index (χ4n) is 3.64. The molecule has 1 aromatic carbocycles. The molecule has 0 radical (unpaired) electrons. The van der Waals surface area contributed by atoms with Gasteiger partial charge in [-0.2, -0.15) is 0 Å². The van der Waals surface area contributed by atoms with Gasteiger partial charge < -0.3 is 15.2 Å². The molecule has 0 bridgehead atoms. The van der Waals surface area contributed by atoms with E-state index in [4.69, 9.17) is 4.74 Å². The number of fused-ring (bicyclic) bond motifs is 1. The molecule has 1 aliphatic carbocycles. The third-order valence-electron chi connectivity index (χ3n) is 4.64. The molecule has 3 nitrogen and oxygen atoms in total. The normalized spacial score (nSPS) is 27.2. The van der Waals surface area contributed by atoms with Crippen LogP contribution >= 0.6 is 0 Å². The summed E-state index contributed by atoms with van der Waals surface area (Å²) in [5.41, 5.74) is 2.59. The first-order valence-electron chi connectivity index (χ1n) is 8.21. The molecule has 0 aromatic heterocycles. The SMILES string of the molecule is CC1(C)Cc2cc(CNCC3CCCC(O)C3)ccc2O1. The van der Waals surface area contributed by atoms with E-state index in [1.165, 1.54) is 24.0 Å². The van der Waals surface area contributed by atoms with E-state index < -0.39 is 0 Å². The first-order valence-corrected chi connectivity index (χ1v) is 8.21. The van der Waals surface area contributed by atoms with E-state index in [-0.39, 0.29) is 11.7 Å².